The predicted molar refractivity (Wildman–Crippen MR) is 152 cm³/mol. The van der Waals surface area contributed by atoms with E-state index in [1.165, 1.54) is 22.3 Å². The quantitative estimate of drug-likeness (QED) is 0.189. The molecular formula is C31H28N2O4S. The summed E-state index contributed by atoms with van der Waals surface area (Å²) in [5.41, 5.74) is 3.38. The van der Waals surface area contributed by atoms with Crippen LogP contribution in [0.25, 0.3) is 16.3 Å². The normalized spacial score (nSPS) is 15.7. The van der Waals surface area contributed by atoms with Crippen LogP contribution in [0.4, 0.5) is 5.13 Å². The maximum atomic E-state index is 13.5. The van der Waals surface area contributed by atoms with Gasteiger partial charge in [-0.05, 0) is 60.4 Å². The number of nitrogens with zero attached hydrogens (tertiary/aromatic N) is 2. The third kappa shape index (κ3) is 5.10. The molecule has 6 nitrogen and oxygen atoms in total. The van der Waals surface area contributed by atoms with Crippen LogP contribution in [0.1, 0.15) is 42.5 Å². The molecule has 1 aromatic heterocycles. The van der Waals surface area contributed by atoms with Gasteiger partial charge >= 0.3 is 0 Å². The molecular weight excluding hydrogens is 496 g/mol. The number of fused-ring (bicyclic) bond motifs is 1. The lowest BCUT2D eigenvalue weighted by atomic mass is 9.95. The molecule has 1 N–H and O–H groups in total. The molecule has 3 aromatic carbocycles. The summed E-state index contributed by atoms with van der Waals surface area (Å²) in [5, 5.41) is 11.4. The van der Waals surface area contributed by atoms with Gasteiger partial charge in [0.05, 0.1) is 28.4 Å². The smallest absolute Gasteiger partial charge is 0.296 e. The minimum Gasteiger partial charge on any atom is -0.503 e. The van der Waals surface area contributed by atoms with E-state index in [0.717, 1.165) is 34.2 Å². The first kappa shape index (κ1) is 25.4. The maximum Gasteiger partial charge on any atom is 0.296 e. The van der Waals surface area contributed by atoms with Crippen LogP contribution in [0, 0.1) is 6.92 Å². The lowest BCUT2D eigenvalue weighted by Crippen LogP contribution is -2.30. The molecule has 1 aliphatic rings. The summed E-state index contributed by atoms with van der Waals surface area (Å²) in [6, 6.07) is 21.8. The largest absolute Gasteiger partial charge is 0.503 e. The number of allylic oxidation sites excluding steroid dienone is 1. The van der Waals surface area contributed by atoms with Crippen LogP contribution in [0.2, 0.25) is 0 Å². The molecule has 1 amide bonds. The Kier molecular flexibility index (Phi) is 7.38. The Labute approximate surface area is 225 Å². The minimum absolute atomic E-state index is 0.0252. The van der Waals surface area contributed by atoms with Gasteiger partial charge in [0.25, 0.3) is 5.91 Å². The molecule has 1 aliphatic heterocycles. The second kappa shape index (κ2) is 11.0. The number of hydrogen-bond acceptors (Lipinski definition) is 6. The van der Waals surface area contributed by atoms with E-state index in [1.54, 1.807) is 6.08 Å². The fourth-order valence-corrected chi connectivity index (χ4v) is 5.49. The number of amides is 1. The van der Waals surface area contributed by atoms with E-state index in [4.69, 9.17) is 4.74 Å². The number of rotatable bonds is 9. The molecule has 1 unspecified atom stereocenters. The second-order valence-electron chi connectivity index (χ2n) is 9.19. The molecule has 192 valence electrons. The SMILES string of the molecule is CCCCOc1ccc(C2C(C(=O)/C=C/c3ccccc3)=C(O)C(=O)N2c2nc3ccc(C)cc3s2)cc1. The van der Waals surface area contributed by atoms with Crippen LogP contribution in [-0.2, 0) is 9.59 Å². The molecule has 0 saturated heterocycles. The van der Waals surface area contributed by atoms with Crippen LogP contribution in [0.5, 0.6) is 5.75 Å². The number of aliphatic hydroxyl groups is 1. The second-order valence-corrected chi connectivity index (χ2v) is 10.2. The van der Waals surface area contributed by atoms with Gasteiger partial charge in [0.15, 0.2) is 16.7 Å². The molecule has 1 atom stereocenters. The molecule has 2 heterocycles. The Morgan fingerprint density at radius 1 is 1.11 bits per heavy atom. The van der Waals surface area contributed by atoms with Crippen molar-refractivity contribution in [2.24, 2.45) is 0 Å². The number of carbonyl (C=O) groups is 2. The number of benzene rings is 3. The minimum atomic E-state index is -0.832. The van der Waals surface area contributed by atoms with E-state index >= 15 is 0 Å². The highest BCUT2D eigenvalue weighted by Gasteiger charge is 2.45. The van der Waals surface area contributed by atoms with E-state index in [9.17, 15) is 14.7 Å². The number of ether oxygens (including phenoxy) is 1. The summed E-state index contributed by atoms with van der Waals surface area (Å²) in [6.45, 7) is 4.71. The molecule has 0 spiro atoms. The number of unbranched alkanes of at least 4 members (excludes halogenated alkanes) is 1. The first-order valence-electron chi connectivity index (χ1n) is 12.6. The van der Waals surface area contributed by atoms with E-state index in [-0.39, 0.29) is 5.57 Å². The van der Waals surface area contributed by atoms with Crippen molar-refractivity contribution in [1.82, 2.24) is 4.98 Å². The molecule has 0 radical (unpaired) electrons. The van der Waals surface area contributed by atoms with Gasteiger partial charge in [-0.15, -0.1) is 0 Å². The van der Waals surface area contributed by atoms with Gasteiger partial charge in [-0.25, -0.2) is 4.98 Å². The van der Waals surface area contributed by atoms with Crippen molar-refractivity contribution in [2.45, 2.75) is 32.7 Å². The highest BCUT2D eigenvalue weighted by Crippen LogP contribution is 2.44. The zero-order valence-corrected chi connectivity index (χ0v) is 22.1. The molecule has 5 rings (SSSR count). The lowest BCUT2D eigenvalue weighted by molar-refractivity contribution is -0.117. The van der Waals surface area contributed by atoms with Gasteiger partial charge in [0.2, 0.25) is 0 Å². The number of aromatic nitrogens is 1. The molecule has 0 aliphatic carbocycles. The summed E-state index contributed by atoms with van der Waals surface area (Å²) >= 11 is 1.36. The molecule has 4 aromatic rings. The Hall–Kier alpha value is -4.23. The highest BCUT2D eigenvalue weighted by atomic mass is 32.1. The summed E-state index contributed by atoms with van der Waals surface area (Å²) in [5.74, 6) is -0.937. The molecule has 7 heteroatoms. The summed E-state index contributed by atoms with van der Waals surface area (Å²) < 4.78 is 6.73. The molecule has 0 bridgehead atoms. The average Bonchev–Trinajstić information content (AvgIpc) is 3.46. The van der Waals surface area contributed by atoms with Crippen molar-refractivity contribution in [3.05, 3.63) is 107 Å². The first-order valence-corrected chi connectivity index (χ1v) is 13.4. The van der Waals surface area contributed by atoms with Gasteiger partial charge in [-0.3, -0.25) is 14.5 Å². The van der Waals surface area contributed by atoms with Crippen molar-refractivity contribution in [2.75, 3.05) is 11.5 Å². The summed E-state index contributed by atoms with van der Waals surface area (Å²) in [6.07, 6.45) is 5.06. The zero-order valence-electron chi connectivity index (χ0n) is 21.3. The fraction of sp³-hybridized carbons (Fsp3) is 0.194. The van der Waals surface area contributed by atoms with Crippen LogP contribution in [0.15, 0.2) is 90.2 Å². The monoisotopic (exact) mass is 524 g/mol. The maximum absolute atomic E-state index is 13.5. The third-order valence-corrected chi connectivity index (χ3v) is 7.42. The predicted octanol–water partition coefficient (Wildman–Crippen LogP) is 6.97. The van der Waals surface area contributed by atoms with Crippen molar-refractivity contribution in [3.8, 4) is 5.75 Å². The van der Waals surface area contributed by atoms with E-state index in [1.807, 2.05) is 79.7 Å². The number of carbonyl (C=O) groups excluding carboxylic acids is 2. The highest BCUT2D eigenvalue weighted by molar-refractivity contribution is 7.22. The van der Waals surface area contributed by atoms with Crippen molar-refractivity contribution in [3.63, 3.8) is 0 Å². The Balaban J connectivity index is 1.55. The molecule has 0 saturated carbocycles. The lowest BCUT2D eigenvalue weighted by Gasteiger charge is -2.24. The van der Waals surface area contributed by atoms with Crippen LogP contribution in [-0.4, -0.2) is 28.4 Å². The number of thiazole rings is 1. The number of aryl methyl sites for hydroxylation is 1. The Morgan fingerprint density at radius 2 is 1.87 bits per heavy atom. The number of ketones is 1. The topological polar surface area (TPSA) is 79.7 Å². The van der Waals surface area contributed by atoms with Gasteiger partial charge in [0.1, 0.15) is 5.75 Å². The summed E-state index contributed by atoms with van der Waals surface area (Å²) in [4.78, 5) is 33.0. The summed E-state index contributed by atoms with van der Waals surface area (Å²) in [7, 11) is 0. The number of hydrogen-bond donors (Lipinski definition) is 1. The van der Waals surface area contributed by atoms with E-state index in [2.05, 4.69) is 11.9 Å². The zero-order chi connectivity index (χ0) is 26.6. The number of aliphatic hydroxyl groups excluding tert-OH is 1. The van der Waals surface area contributed by atoms with Crippen LogP contribution in [0.3, 0.4) is 0 Å². The van der Waals surface area contributed by atoms with E-state index in [0.29, 0.717) is 23.1 Å². The van der Waals surface area contributed by atoms with Gasteiger partial charge in [0, 0.05) is 0 Å². The van der Waals surface area contributed by atoms with Gasteiger partial charge in [-0.2, -0.15) is 0 Å². The Morgan fingerprint density at radius 3 is 2.61 bits per heavy atom. The fourth-order valence-electron chi connectivity index (χ4n) is 4.40. The molecule has 38 heavy (non-hydrogen) atoms. The molecule has 0 fully saturated rings. The van der Waals surface area contributed by atoms with E-state index < -0.39 is 23.5 Å². The third-order valence-electron chi connectivity index (χ3n) is 6.40. The van der Waals surface area contributed by atoms with Crippen molar-refractivity contribution >= 4 is 44.5 Å². The van der Waals surface area contributed by atoms with Crippen LogP contribution < -0.4 is 9.64 Å². The standard InChI is InChI=1S/C31H28N2O4S/c1-3-4-18-37-23-14-12-22(13-15-23)28-27(25(34)17-11-21-8-6-5-7-9-21)29(35)30(36)33(28)31-32-24-16-10-20(2)19-26(24)38-31/h5-17,19,28,35H,3-4,18H2,1-2H3/b17-11+. The average molecular weight is 525 g/mol. The van der Waals surface area contributed by atoms with Crippen LogP contribution >= 0.6 is 11.3 Å². The van der Waals surface area contributed by atoms with Gasteiger partial charge < -0.3 is 9.84 Å². The van der Waals surface area contributed by atoms with Crippen molar-refractivity contribution < 1.29 is 19.4 Å². The number of anilines is 1. The van der Waals surface area contributed by atoms with Gasteiger partial charge in [-0.1, -0.05) is 79.3 Å². The first-order chi connectivity index (χ1) is 18.5. The Bertz CT molecular complexity index is 1540. The van der Waals surface area contributed by atoms with Crippen molar-refractivity contribution in [1.29, 1.82) is 0 Å².